The first kappa shape index (κ1) is 15.4. The molecule has 1 fully saturated rings. The van der Waals surface area contributed by atoms with Gasteiger partial charge in [0.25, 0.3) is 0 Å². The number of nitrogens with one attached hydrogen (secondary N) is 1. The molecule has 3 rings (SSSR count). The highest BCUT2D eigenvalue weighted by Crippen LogP contribution is 2.29. The molecule has 2 aromatic rings. The van der Waals surface area contributed by atoms with E-state index in [4.69, 9.17) is 11.6 Å². The fourth-order valence-corrected chi connectivity index (χ4v) is 3.23. The predicted octanol–water partition coefficient (Wildman–Crippen LogP) is 3.59. The summed E-state index contributed by atoms with van der Waals surface area (Å²) in [7, 11) is 0. The van der Waals surface area contributed by atoms with Gasteiger partial charge in [-0.3, -0.25) is 9.36 Å². The Bertz CT molecular complexity index is 696. The minimum absolute atomic E-state index is 0.0740. The van der Waals surface area contributed by atoms with E-state index in [0.29, 0.717) is 6.04 Å². The van der Waals surface area contributed by atoms with E-state index in [2.05, 4.69) is 10.3 Å². The van der Waals surface area contributed by atoms with Gasteiger partial charge < -0.3 is 5.32 Å². The van der Waals surface area contributed by atoms with E-state index in [1.54, 1.807) is 6.20 Å². The number of aromatic nitrogens is 2. The monoisotopic (exact) mass is 335 g/mol. The van der Waals surface area contributed by atoms with Crippen LogP contribution in [-0.2, 0) is 4.79 Å². The SMILES string of the molecule is Cc1c(Cl)cccc1-n1ccnc1SC(C)C(=O)NC1CC1. The van der Waals surface area contributed by atoms with Crippen LogP contribution in [0.4, 0.5) is 0 Å². The van der Waals surface area contributed by atoms with Gasteiger partial charge in [-0.2, -0.15) is 0 Å². The summed E-state index contributed by atoms with van der Waals surface area (Å²) in [6.45, 7) is 3.89. The minimum atomic E-state index is -0.179. The van der Waals surface area contributed by atoms with Crippen LogP contribution in [0, 0.1) is 6.92 Å². The normalized spacial score (nSPS) is 15.6. The van der Waals surface area contributed by atoms with Gasteiger partial charge in [0, 0.05) is 23.5 Å². The number of rotatable bonds is 5. The second-order valence-corrected chi connectivity index (χ2v) is 7.22. The van der Waals surface area contributed by atoms with Gasteiger partial charge in [-0.1, -0.05) is 29.4 Å². The maximum atomic E-state index is 12.1. The average Bonchev–Trinajstić information content (AvgIpc) is 3.19. The van der Waals surface area contributed by atoms with Crippen LogP contribution in [0.2, 0.25) is 5.02 Å². The number of thioether (sulfide) groups is 1. The number of imidazole rings is 1. The summed E-state index contributed by atoms with van der Waals surface area (Å²) in [5, 5.41) is 4.37. The smallest absolute Gasteiger partial charge is 0.233 e. The standard InChI is InChI=1S/C16H18ClN3OS/c1-10-13(17)4-3-5-14(10)20-9-8-18-16(20)22-11(2)15(21)19-12-6-7-12/h3-5,8-9,11-12H,6-7H2,1-2H3,(H,19,21). The van der Waals surface area contributed by atoms with Crippen molar-refractivity contribution in [2.75, 3.05) is 0 Å². The first-order valence-corrected chi connectivity index (χ1v) is 8.58. The molecule has 116 valence electrons. The average molecular weight is 336 g/mol. The molecular formula is C16H18ClN3OS. The Morgan fingerprint density at radius 3 is 3.00 bits per heavy atom. The van der Waals surface area contributed by atoms with Gasteiger partial charge in [0.05, 0.1) is 10.9 Å². The summed E-state index contributed by atoms with van der Waals surface area (Å²) in [5.41, 5.74) is 1.99. The third kappa shape index (κ3) is 3.31. The van der Waals surface area contributed by atoms with Crippen molar-refractivity contribution in [2.24, 2.45) is 0 Å². The molecule has 1 saturated carbocycles. The lowest BCUT2D eigenvalue weighted by Crippen LogP contribution is -2.32. The van der Waals surface area contributed by atoms with Crippen molar-refractivity contribution in [1.29, 1.82) is 0 Å². The van der Waals surface area contributed by atoms with Gasteiger partial charge in [-0.15, -0.1) is 0 Å². The Hall–Kier alpha value is -1.46. The number of amides is 1. The number of hydrogen-bond acceptors (Lipinski definition) is 3. The van der Waals surface area contributed by atoms with E-state index in [1.165, 1.54) is 11.8 Å². The van der Waals surface area contributed by atoms with Crippen LogP contribution in [-0.4, -0.2) is 26.8 Å². The molecule has 22 heavy (non-hydrogen) atoms. The molecule has 1 atom stereocenters. The highest BCUT2D eigenvalue weighted by atomic mass is 35.5. The van der Waals surface area contributed by atoms with Crippen molar-refractivity contribution in [3.63, 3.8) is 0 Å². The minimum Gasteiger partial charge on any atom is -0.352 e. The summed E-state index contributed by atoms with van der Waals surface area (Å²) in [5.74, 6) is 0.0740. The first-order valence-electron chi connectivity index (χ1n) is 7.32. The largest absolute Gasteiger partial charge is 0.352 e. The zero-order valence-electron chi connectivity index (χ0n) is 12.5. The fourth-order valence-electron chi connectivity index (χ4n) is 2.18. The van der Waals surface area contributed by atoms with E-state index >= 15 is 0 Å². The van der Waals surface area contributed by atoms with Gasteiger partial charge >= 0.3 is 0 Å². The maximum absolute atomic E-state index is 12.1. The fraction of sp³-hybridized carbons (Fsp3) is 0.375. The van der Waals surface area contributed by atoms with E-state index in [0.717, 1.165) is 34.3 Å². The van der Waals surface area contributed by atoms with E-state index in [9.17, 15) is 4.79 Å². The summed E-state index contributed by atoms with van der Waals surface area (Å²) in [6, 6.07) is 6.17. The van der Waals surface area contributed by atoms with Crippen molar-refractivity contribution in [3.05, 3.63) is 41.2 Å². The molecule has 1 amide bonds. The third-order valence-electron chi connectivity index (χ3n) is 3.68. The zero-order chi connectivity index (χ0) is 15.7. The highest BCUT2D eigenvalue weighted by molar-refractivity contribution is 8.00. The molecule has 0 spiro atoms. The van der Waals surface area contributed by atoms with Gasteiger partial charge in [0.15, 0.2) is 5.16 Å². The number of carbonyl (C=O) groups excluding carboxylic acids is 1. The Kier molecular flexibility index (Phi) is 4.45. The van der Waals surface area contributed by atoms with Crippen LogP contribution in [0.3, 0.4) is 0 Å². The maximum Gasteiger partial charge on any atom is 0.233 e. The Labute approximate surface area is 139 Å². The summed E-state index contributed by atoms with van der Waals surface area (Å²) >= 11 is 7.66. The van der Waals surface area contributed by atoms with Crippen molar-refractivity contribution >= 4 is 29.3 Å². The second-order valence-electron chi connectivity index (χ2n) is 5.51. The molecule has 1 aromatic carbocycles. The summed E-state index contributed by atoms with van der Waals surface area (Å²) in [6.07, 6.45) is 5.83. The van der Waals surface area contributed by atoms with Crippen LogP contribution in [0.15, 0.2) is 35.7 Å². The van der Waals surface area contributed by atoms with Crippen molar-refractivity contribution in [1.82, 2.24) is 14.9 Å². The predicted molar refractivity (Wildman–Crippen MR) is 89.8 cm³/mol. The molecule has 1 N–H and O–H groups in total. The van der Waals surface area contributed by atoms with Crippen molar-refractivity contribution in [2.45, 2.75) is 43.1 Å². The van der Waals surface area contributed by atoms with E-state index in [1.807, 2.05) is 42.8 Å². The molecule has 0 bridgehead atoms. The first-order chi connectivity index (χ1) is 10.6. The van der Waals surface area contributed by atoms with E-state index < -0.39 is 0 Å². The second kappa shape index (κ2) is 6.34. The molecule has 1 aromatic heterocycles. The van der Waals surface area contributed by atoms with Crippen LogP contribution >= 0.6 is 23.4 Å². The number of benzene rings is 1. The molecule has 1 heterocycles. The lowest BCUT2D eigenvalue weighted by molar-refractivity contribution is -0.120. The molecule has 0 saturated heterocycles. The Balaban J connectivity index is 1.79. The molecule has 0 aliphatic heterocycles. The van der Waals surface area contributed by atoms with Gasteiger partial charge in [0.2, 0.25) is 5.91 Å². The topological polar surface area (TPSA) is 46.9 Å². The third-order valence-corrected chi connectivity index (χ3v) is 5.17. The Morgan fingerprint density at radius 1 is 1.50 bits per heavy atom. The number of nitrogens with zero attached hydrogens (tertiary/aromatic N) is 2. The number of halogens is 1. The van der Waals surface area contributed by atoms with Gasteiger partial charge in [-0.05, 0) is 44.4 Å². The van der Waals surface area contributed by atoms with Crippen LogP contribution in [0.1, 0.15) is 25.3 Å². The summed E-state index contributed by atoms with van der Waals surface area (Å²) in [4.78, 5) is 16.5. The lowest BCUT2D eigenvalue weighted by atomic mass is 10.2. The van der Waals surface area contributed by atoms with Crippen LogP contribution in [0.25, 0.3) is 5.69 Å². The molecular weight excluding hydrogens is 318 g/mol. The van der Waals surface area contributed by atoms with E-state index in [-0.39, 0.29) is 11.2 Å². The molecule has 1 unspecified atom stereocenters. The number of hydrogen-bond donors (Lipinski definition) is 1. The molecule has 0 radical (unpaired) electrons. The van der Waals surface area contributed by atoms with Crippen LogP contribution in [0.5, 0.6) is 0 Å². The van der Waals surface area contributed by atoms with Crippen molar-refractivity contribution < 1.29 is 4.79 Å². The zero-order valence-corrected chi connectivity index (χ0v) is 14.1. The summed E-state index contributed by atoms with van der Waals surface area (Å²) < 4.78 is 1.98. The number of carbonyl (C=O) groups is 1. The van der Waals surface area contributed by atoms with Gasteiger partial charge in [-0.25, -0.2) is 4.98 Å². The Morgan fingerprint density at radius 2 is 2.27 bits per heavy atom. The molecule has 1 aliphatic rings. The van der Waals surface area contributed by atoms with Gasteiger partial charge in [0.1, 0.15) is 0 Å². The molecule has 1 aliphatic carbocycles. The molecule has 6 heteroatoms. The van der Waals surface area contributed by atoms with Crippen LogP contribution < -0.4 is 5.32 Å². The highest BCUT2D eigenvalue weighted by Gasteiger charge is 2.26. The quantitative estimate of drug-likeness (QED) is 0.849. The molecule has 4 nitrogen and oxygen atoms in total. The van der Waals surface area contributed by atoms with Crippen molar-refractivity contribution in [3.8, 4) is 5.69 Å². The lowest BCUT2D eigenvalue weighted by Gasteiger charge is -2.14.